The van der Waals surface area contributed by atoms with Crippen molar-refractivity contribution in [3.8, 4) is 0 Å². The second-order valence-corrected chi connectivity index (χ2v) is 6.93. The maximum Gasteiger partial charge on any atom is 0.417 e. The van der Waals surface area contributed by atoms with Gasteiger partial charge >= 0.3 is 6.18 Å². The summed E-state index contributed by atoms with van der Waals surface area (Å²) in [6.45, 7) is 2.60. The van der Waals surface area contributed by atoms with Gasteiger partial charge in [-0.25, -0.2) is 4.98 Å². The van der Waals surface area contributed by atoms with Crippen molar-refractivity contribution in [1.82, 2.24) is 15.0 Å². The predicted molar refractivity (Wildman–Crippen MR) is 82.8 cm³/mol. The minimum absolute atomic E-state index is 0.0370. The van der Waals surface area contributed by atoms with Crippen molar-refractivity contribution in [3.05, 3.63) is 23.0 Å². The lowest BCUT2D eigenvalue weighted by molar-refractivity contribution is -0.136. The van der Waals surface area contributed by atoms with Crippen molar-refractivity contribution in [2.24, 2.45) is 5.92 Å². The summed E-state index contributed by atoms with van der Waals surface area (Å²) in [6.07, 6.45) is -1.41. The van der Waals surface area contributed by atoms with Crippen molar-refractivity contribution < 1.29 is 22.5 Å². The number of hydrogen-bond acceptors (Lipinski definition) is 4. The van der Waals surface area contributed by atoms with Crippen LogP contribution in [0.2, 0.25) is 0 Å². The van der Waals surface area contributed by atoms with E-state index < -0.39 is 11.7 Å². The molecule has 0 unspecified atom stereocenters. The lowest BCUT2D eigenvalue weighted by atomic mass is 9.90. The minimum atomic E-state index is -4.49. The van der Waals surface area contributed by atoms with Gasteiger partial charge in [-0.15, -0.1) is 0 Å². The van der Waals surface area contributed by atoms with E-state index in [1.807, 2.05) is 4.90 Å². The molecule has 0 spiro atoms. The molecule has 2 aromatic rings. The molecule has 0 N–H and O–H groups in total. The van der Waals surface area contributed by atoms with Crippen LogP contribution in [-0.2, 0) is 11.0 Å². The standard InChI is InChI=1S/C17H18F3N3O2/c1-9-8-12(17(18,19)20)13-14(22-25-15(13)21-9)10-4-6-23(7-5-10)16(24)11-2-3-11/h8,10-11H,2-7H2,1H3. The highest BCUT2D eigenvalue weighted by atomic mass is 19.4. The Hall–Kier alpha value is -2.12. The molecule has 25 heavy (non-hydrogen) atoms. The van der Waals surface area contributed by atoms with E-state index in [0.29, 0.717) is 31.6 Å². The highest BCUT2D eigenvalue weighted by molar-refractivity contribution is 5.82. The summed E-state index contributed by atoms with van der Waals surface area (Å²) in [4.78, 5) is 18.0. The molecule has 1 aliphatic carbocycles. The van der Waals surface area contributed by atoms with Crippen LogP contribution >= 0.6 is 0 Å². The summed E-state index contributed by atoms with van der Waals surface area (Å²) in [5.41, 5.74) is -0.262. The molecule has 5 nitrogen and oxygen atoms in total. The molecule has 0 atom stereocenters. The SMILES string of the molecule is Cc1cc(C(F)(F)F)c2c(C3CCN(C(=O)C4CC4)CC3)noc2n1. The molecule has 0 aromatic carbocycles. The molecule has 2 aliphatic rings. The molecule has 8 heteroatoms. The third kappa shape index (κ3) is 2.98. The lowest BCUT2D eigenvalue weighted by Crippen LogP contribution is -2.38. The Labute approximate surface area is 142 Å². The Bertz CT molecular complexity index is 818. The number of likely N-dealkylation sites (tertiary alicyclic amines) is 1. The monoisotopic (exact) mass is 353 g/mol. The topological polar surface area (TPSA) is 59.2 Å². The van der Waals surface area contributed by atoms with Gasteiger partial charge in [-0.1, -0.05) is 5.16 Å². The van der Waals surface area contributed by atoms with Gasteiger partial charge in [0.05, 0.1) is 16.6 Å². The third-order valence-electron chi connectivity index (χ3n) is 5.03. The van der Waals surface area contributed by atoms with Crippen LogP contribution in [0, 0.1) is 12.8 Å². The van der Waals surface area contributed by atoms with E-state index in [0.717, 1.165) is 18.9 Å². The van der Waals surface area contributed by atoms with Gasteiger partial charge in [-0.2, -0.15) is 13.2 Å². The summed E-state index contributed by atoms with van der Waals surface area (Å²) in [5, 5.41) is 3.87. The molecule has 2 fully saturated rings. The van der Waals surface area contributed by atoms with Crippen LogP contribution in [0.5, 0.6) is 0 Å². The Balaban J connectivity index is 1.63. The van der Waals surface area contributed by atoms with Gasteiger partial charge in [0.15, 0.2) is 0 Å². The second kappa shape index (κ2) is 5.71. The lowest BCUT2D eigenvalue weighted by Gasteiger charge is -2.31. The van der Waals surface area contributed by atoms with Gasteiger partial charge in [0.1, 0.15) is 0 Å². The van der Waals surface area contributed by atoms with Crippen LogP contribution in [-0.4, -0.2) is 34.0 Å². The normalized spacial score (nSPS) is 19.6. The Morgan fingerprint density at radius 1 is 1.24 bits per heavy atom. The maximum absolute atomic E-state index is 13.4. The fraction of sp³-hybridized carbons (Fsp3) is 0.588. The first kappa shape index (κ1) is 16.4. The zero-order valence-corrected chi connectivity index (χ0v) is 13.8. The van der Waals surface area contributed by atoms with E-state index in [1.54, 1.807) is 0 Å². The average molecular weight is 353 g/mol. The van der Waals surface area contributed by atoms with Crippen LogP contribution in [0.15, 0.2) is 10.6 Å². The van der Waals surface area contributed by atoms with E-state index in [-0.39, 0.29) is 34.5 Å². The van der Waals surface area contributed by atoms with Crippen molar-refractivity contribution in [3.63, 3.8) is 0 Å². The highest BCUT2D eigenvalue weighted by Crippen LogP contribution is 2.41. The van der Waals surface area contributed by atoms with Crippen molar-refractivity contribution in [2.75, 3.05) is 13.1 Å². The number of carbonyl (C=O) groups excluding carboxylic acids is 1. The molecule has 1 aliphatic heterocycles. The van der Waals surface area contributed by atoms with Crippen LogP contribution < -0.4 is 0 Å². The fourth-order valence-electron chi connectivity index (χ4n) is 3.56. The molecule has 1 saturated carbocycles. The minimum Gasteiger partial charge on any atom is -0.342 e. The Morgan fingerprint density at radius 3 is 2.52 bits per heavy atom. The Morgan fingerprint density at radius 2 is 1.92 bits per heavy atom. The molecule has 4 rings (SSSR count). The molecular formula is C17H18F3N3O2. The molecular weight excluding hydrogens is 335 g/mol. The highest BCUT2D eigenvalue weighted by Gasteiger charge is 2.39. The van der Waals surface area contributed by atoms with Crippen LogP contribution in [0.1, 0.15) is 48.6 Å². The molecule has 2 aromatic heterocycles. The van der Waals surface area contributed by atoms with E-state index in [9.17, 15) is 18.0 Å². The van der Waals surface area contributed by atoms with E-state index in [4.69, 9.17) is 4.52 Å². The number of fused-ring (bicyclic) bond motifs is 1. The maximum atomic E-state index is 13.4. The number of nitrogens with zero attached hydrogens (tertiary/aromatic N) is 3. The number of halogens is 3. The van der Waals surface area contributed by atoms with Gasteiger partial charge in [-0.05, 0) is 38.7 Å². The first-order valence-electron chi connectivity index (χ1n) is 8.47. The van der Waals surface area contributed by atoms with Crippen LogP contribution in [0.25, 0.3) is 11.1 Å². The zero-order valence-electron chi connectivity index (χ0n) is 13.8. The van der Waals surface area contributed by atoms with E-state index >= 15 is 0 Å². The quantitative estimate of drug-likeness (QED) is 0.827. The van der Waals surface area contributed by atoms with Gasteiger partial charge in [0.25, 0.3) is 5.71 Å². The van der Waals surface area contributed by atoms with Gasteiger partial charge in [0, 0.05) is 30.6 Å². The summed E-state index contributed by atoms with van der Waals surface area (Å²) in [5.74, 6) is 0.181. The number of aryl methyl sites for hydroxylation is 1. The molecule has 0 radical (unpaired) electrons. The van der Waals surface area contributed by atoms with Crippen molar-refractivity contribution in [1.29, 1.82) is 0 Å². The molecule has 1 saturated heterocycles. The number of alkyl halides is 3. The smallest absolute Gasteiger partial charge is 0.342 e. The van der Waals surface area contributed by atoms with Gasteiger partial charge in [0.2, 0.25) is 5.91 Å². The number of piperidine rings is 1. The number of pyridine rings is 1. The molecule has 1 amide bonds. The summed E-state index contributed by atoms with van der Waals surface area (Å²) < 4.78 is 45.4. The van der Waals surface area contributed by atoms with Crippen molar-refractivity contribution >= 4 is 17.0 Å². The van der Waals surface area contributed by atoms with Gasteiger partial charge < -0.3 is 9.42 Å². The number of amides is 1. The van der Waals surface area contributed by atoms with Crippen LogP contribution in [0.4, 0.5) is 13.2 Å². The number of carbonyl (C=O) groups is 1. The number of hydrogen-bond donors (Lipinski definition) is 0. The second-order valence-electron chi connectivity index (χ2n) is 6.93. The first-order chi connectivity index (χ1) is 11.8. The predicted octanol–water partition coefficient (Wildman–Crippen LogP) is 3.67. The Kier molecular flexibility index (Phi) is 3.73. The largest absolute Gasteiger partial charge is 0.417 e. The summed E-state index contributed by atoms with van der Waals surface area (Å²) in [7, 11) is 0. The van der Waals surface area contributed by atoms with E-state index in [2.05, 4.69) is 10.1 Å². The summed E-state index contributed by atoms with van der Waals surface area (Å²) >= 11 is 0. The average Bonchev–Trinajstić information content (AvgIpc) is 3.33. The first-order valence-corrected chi connectivity index (χ1v) is 8.47. The number of rotatable bonds is 2. The molecule has 0 bridgehead atoms. The van der Waals surface area contributed by atoms with E-state index in [1.165, 1.54) is 6.92 Å². The third-order valence-corrected chi connectivity index (χ3v) is 5.03. The van der Waals surface area contributed by atoms with Gasteiger partial charge in [-0.3, -0.25) is 4.79 Å². The fourth-order valence-corrected chi connectivity index (χ4v) is 3.56. The zero-order chi connectivity index (χ0) is 17.8. The van der Waals surface area contributed by atoms with Crippen molar-refractivity contribution in [2.45, 2.75) is 44.7 Å². The van der Waals surface area contributed by atoms with Crippen LogP contribution in [0.3, 0.4) is 0 Å². The molecule has 3 heterocycles. The summed E-state index contributed by atoms with van der Waals surface area (Å²) in [6, 6.07) is 1.04. The molecule has 134 valence electrons. The number of aromatic nitrogens is 2.